The van der Waals surface area contributed by atoms with E-state index in [1.54, 1.807) is 0 Å². The second-order valence-corrected chi connectivity index (χ2v) is 6.15. The molecule has 0 radical (unpaired) electrons. The first kappa shape index (κ1) is 11.2. The van der Waals surface area contributed by atoms with Gasteiger partial charge in [0, 0.05) is 11.3 Å². The van der Waals surface area contributed by atoms with Crippen molar-refractivity contribution in [2.75, 3.05) is 0 Å². The second-order valence-electron chi connectivity index (χ2n) is 6.15. The molecule has 1 heterocycles. The van der Waals surface area contributed by atoms with Crippen molar-refractivity contribution in [1.29, 1.82) is 0 Å². The van der Waals surface area contributed by atoms with Gasteiger partial charge in [-0.25, -0.2) is 4.98 Å². The molecule has 3 nitrogen and oxygen atoms in total. The van der Waals surface area contributed by atoms with Crippen LogP contribution in [0.5, 0.6) is 0 Å². The normalized spacial score (nSPS) is 25.2. The summed E-state index contributed by atoms with van der Waals surface area (Å²) in [7, 11) is 0. The molecule has 0 aliphatic heterocycles. The lowest BCUT2D eigenvalue weighted by Crippen LogP contribution is -2.26. The van der Waals surface area contributed by atoms with E-state index in [2.05, 4.69) is 17.1 Å². The number of H-pyrrole nitrogens is 1. The molecule has 17 heavy (non-hydrogen) atoms. The summed E-state index contributed by atoms with van der Waals surface area (Å²) in [5.41, 5.74) is 0.242. The molecule has 2 fully saturated rings. The summed E-state index contributed by atoms with van der Waals surface area (Å²) in [6.07, 6.45) is 11.9. The van der Waals surface area contributed by atoms with Crippen molar-refractivity contribution in [3.8, 4) is 0 Å². The van der Waals surface area contributed by atoms with E-state index in [1.807, 2.05) is 0 Å². The zero-order chi connectivity index (χ0) is 11.7. The van der Waals surface area contributed by atoms with Crippen LogP contribution in [0.4, 0.5) is 0 Å². The number of aromatic nitrogens is 3. The number of nitrogens with zero attached hydrogens (tertiary/aromatic N) is 2. The maximum Gasteiger partial charge on any atom is 0.156 e. The van der Waals surface area contributed by atoms with Crippen LogP contribution < -0.4 is 0 Å². The van der Waals surface area contributed by atoms with Gasteiger partial charge in [0.05, 0.1) is 0 Å². The number of aromatic amines is 1. The Morgan fingerprint density at radius 3 is 2.47 bits per heavy atom. The van der Waals surface area contributed by atoms with Crippen LogP contribution in [0.3, 0.4) is 0 Å². The third-order valence-electron chi connectivity index (χ3n) is 4.74. The predicted octanol–water partition coefficient (Wildman–Crippen LogP) is 3.68. The summed E-state index contributed by atoms with van der Waals surface area (Å²) in [5, 5.41) is 7.73. The van der Waals surface area contributed by atoms with Crippen LogP contribution in [0.2, 0.25) is 0 Å². The standard InChI is InChI=1S/C14H23N3/c1-14(9-5-2-6-10-14)13-15-12(16-17-13)11-7-3-4-8-11/h11H,2-10H2,1H3,(H,15,16,17). The lowest BCUT2D eigenvalue weighted by Gasteiger charge is -2.30. The van der Waals surface area contributed by atoms with Crippen LogP contribution in [0.25, 0.3) is 0 Å². The van der Waals surface area contributed by atoms with Crippen molar-refractivity contribution in [3.05, 3.63) is 11.6 Å². The summed E-state index contributed by atoms with van der Waals surface area (Å²) in [6.45, 7) is 2.34. The highest BCUT2D eigenvalue weighted by molar-refractivity contribution is 5.10. The topological polar surface area (TPSA) is 41.6 Å². The molecule has 2 saturated carbocycles. The molecule has 94 valence electrons. The fraction of sp³-hybridized carbons (Fsp3) is 0.857. The SMILES string of the molecule is CC1(c2n[nH]c(C3CCCC3)n2)CCCCC1. The van der Waals surface area contributed by atoms with Crippen LogP contribution in [0.1, 0.15) is 82.3 Å². The summed E-state index contributed by atoms with van der Waals surface area (Å²) in [5.74, 6) is 2.90. The van der Waals surface area contributed by atoms with Gasteiger partial charge in [0.1, 0.15) is 5.82 Å². The molecule has 3 heteroatoms. The maximum atomic E-state index is 4.82. The van der Waals surface area contributed by atoms with Gasteiger partial charge < -0.3 is 0 Å². The molecule has 1 N–H and O–H groups in total. The van der Waals surface area contributed by atoms with E-state index >= 15 is 0 Å². The lowest BCUT2D eigenvalue weighted by atomic mass is 9.75. The van der Waals surface area contributed by atoms with Gasteiger partial charge in [0.2, 0.25) is 0 Å². The fourth-order valence-corrected chi connectivity index (χ4v) is 3.48. The summed E-state index contributed by atoms with van der Waals surface area (Å²) in [6, 6.07) is 0. The molecule has 0 spiro atoms. The molecular formula is C14H23N3. The number of hydrogen-bond donors (Lipinski definition) is 1. The zero-order valence-electron chi connectivity index (χ0n) is 10.8. The predicted molar refractivity (Wildman–Crippen MR) is 68.0 cm³/mol. The smallest absolute Gasteiger partial charge is 0.156 e. The second kappa shape index (κ2) is 4.43. The van der Waals surface area contributed by atoms with Gasteiger partial charge in [-0.15, -0.1) is 0 Å². The molecule has 3 rings (SSSR count). The molecule has 0 unspecified atom stereocenters. The molecule has 1 aromatic rings. The average Bonchev–Trinajstić information content (AvgIpc) is 3.01. The Balaban J connectivity index is 1.78. The average molecular weight is 233 g/mol. The minimum Gasteiger partial charge on any atom is -0.263 e. The Labute approximate surface area is 103 Å². The van der Waals surface area contributed by atoms with E-state index in [-0.39, 0.29) is 5.41 Å². The third kappa shape index (κ3) is 2.12. The minimum absolute atomic E-state index is 0.242. The van der Waals surface area contributed by atoms with Gasteiger partial charge in [0.15, 0.2) is 5.82 Å². The Bertz CT molecular complexity index is 371. The van der Waals surface area contributed by atoms with Gasteiger partial charge in [-0.3, -0.25) is 5.10 Å². The molecular weight excluding hydrogens is 210 g/mol. The Kier molecular flexibility index (Phi) is 2.93. The monoisotopic (exact) mass is 233 g/mol. The van der Waals surface area contributed by atoms with Crippen LogP contribution in [-0.4, -0.2) is 15.2 Å². The molecule has 0 bridgehead atoms. The summed E-state index contributed by atoms with van der Waals surface area (Å²) in [4.78, 5) is 4.82. The van der Waals surface area contributed by atoms with Crippen molar-refractivity contribution in [1.82, 2.24) is 15.2 Å². The third-order valence-corrected chi connectivity index (χ3v) is 4.74. The van der Waals surface area contributed by atoms with E-state index in [9.17, 15) is 0 Å². The van der Waals surface area contributed by atoms with E-state index < -0.39 is 0 Å². The van der Waals surface area contributed by atoms with Crippen LogP contribution in [0, 0.1) is 0 Å². The summed E-state index contributed by atoms with van der Waals surface area (Å²) < 4.78 is 0. The van der Waals surface area contributed by atoms with Crippen LogP contribution >= 0.6 is 0 Å². The maximum absolute atomic E-state index is 4.82. The van der Waals surface area contributed by atoms with E-state index in [0.29, 0.717) is 5.92 Å². The number of hydrogen-bond acceptors (Lipinski definition) is 2. The minimum atomic E-state index is 0.242. The highest BCUT2D eigenvalue weighted by Crippen LogP contribution is 2.38. The van der Waals surface area contributed by atoms with Crippen molar-refractivity contribution in [2.45, 2.75) is 76.0 Å². The quantitative estimate of drug-likeness (QED) is 0.846. The first-order valence-corrected chi connectivity index (χ1v) is 7.21. The van der Waals surface area contributed by atoms with Gasteiger partial charge in [-0.2, -0.15) is 5.10 Å². The molecule has 0 amide bonds. The Hall–Kier alpha value is -0.860. The molecule has 0 aromatic carbocycles. The fourth-order valence-electron chi connectivity index (χ4n) is 3.48. The van der Waals surface area contributed by atoms with Gasteiger partial charge in [-0.1, -0.05) is 39.0 Å². The van der Waals surface area contributed by atoms with Crippen LogP contribution in [-0.2, 0) is 5.41 Å². The highest BCUT2D eigenvalue weighted by atomic mass is 15.2. The van der Waals surface area contributed by atoms with Crippen molar-refractivity contribution in [2.24, 2.45) is 0 Å². The van der Waals surface area contributed by atoms with Gasteiger partial charge >= 0.3 is 0 Å². The number of nitrogens with one attached hydrogen (secondary N) is 1. The van der Waals surface area contributed by atoms with Crippen molar-refractivity contribution >= 4 is 0 Å². The molecule has 0 saturated heterocycles. The molecule has 1 aromatic heterocycles. The molecule has 0 atom stereocenters. The highest BCUT2D eigenvalue weighted by Gasteiger charge is 2.33. The molecule has 2 aliphatic carbocycles. The number of rotatable bonds is 2. The van der Waals surface area contributed by atoms with E-state index in [0.717, 1.165) is 11.6 Å². The van der Waals surface area contributed by atoms with Gasteiger partial charge in [0.25, 0.3) is 0 Å². The van der Waals surface area contributed by atoms with Crippen LogP contribution in [0.15, 0.2) is 0 Å². The van der Waals surface area contributed by atoms with E-state index in [1.165, 1.54) is 57.8 Å². The Morgan fingerprint density at radius 2 is 1.76 bits per heavy atom. The van der Waals surface area contributed by atoms with E-state index in [4.69, 9.17) is 4.98 Å². The largest absolute Gasteiger partial charge is 0.263 e. The molecule has 2 aliphatic rings. The summed E-state index contributed by atoms with van der Waals surface area (Å²) >= 11 is 0. The van der Waals surface area contributed by atoms with Crippen molar-refractivity contribution in [3.63, 3.8) is 0 Å². The first-order chi connectivity index (χ1) is 8.28. The lowest BCUT2D eigenvalue weighted by molar-refractivity contribution is 0.304. The Morgan fingerprint density at radius 1 is 1.06 bits per heavy atom. The zero-order valence-corrected chi connectivity index (χ0v) is 10.8. The first-order valence-electron chi connectivity index (χ1n) is 7.21. The van der Waals surface area contributed by atoms with Gasteiger partial charge in [-0.05, 0) is 25.7 Å². The van der Waals surface area contributed by atoms with Crippen molar-refractivity contribution < 1.29 is 0 Å².